The summed E-state index contributed by atoms with van der Waals surface area (Å²) in [6.45, 7) is 7.02. The average Bonchev–Trinajstić information content (AvgIpc) is 3.11. The number of morpholine rings is 1. The summed E-state index contributed by atoms with van der Waals surface area (Å²) in [5.74, 6) is 0.568. The fourth-order valence-corrected chi connectivity index (χ4v) is 5.46. The first-order valence-corrected chi connectivity index (χ1v) is 12.5. The number of ether oxygens (including phenoxy) is 1. The van der Waals surface area contributed by atoms with E-state index in [4.69, 9.17) is 17.0 Å². The molecule has 1 aromatic heterocycles. The van der Waals surface area contributed by atoms with Gasteiger partial charge in [0.05, 0.1) is 24.7 Å². The van der Waals surface area contributed by atoms with E-state index in [0.717, 1.165) is 17.8 Å². The molecule has 0 saturated carbocycles. The van der Waals surface area contributed by atoms with Crippen LogP contribution < -0.4 is 10.5 Å². The Balaban J connectivity index is 1.82. The molecule has 3 heterocycles. The van der Waals surface area contributed by atoms with Crippen LogP contribution in [0.3, 0.4) is 0 Å². The maximum atomic E-state index is 13.3. The number of pyridine rings is 1. The topological polar surface area (TPSA) is 78.6 Å². The van der Waals surface area contributed by atoms with E-state index in [0.29, 0.717) is 59.7 Å². The van der Waals surface area contributed by atoms with Crippen molar-refractivity contribution in [1.29, 1.82) is 5.26 Å². The number of anilines is 1. The molecule has 2 saturated heterocycles. The molecule has 0 bridgehead atoms. The normalized spacial score (nSPS) is 17.5. The van der Waals surface area contributed by atoms with E-state index < -0.39 is 0 Å². The molecule has 2 fully saturated rings. The van der Waals surface area contributed by atoms with Crippen LogP contribution in [-0.4, -0.2) is 46.0 Å². The summed E-state index contributed by atoms with van der Waals surface area (Å²) in [5, 5.41) is 9.76. The zero-order valence-electron chi connectivity index (χ0n) is 19.2. The standard InChI is InChI=1S/C25H26N4O3S2/c1-3-9-28-22(27-10-12-32-13-11-27)19(17(2)20(15-26)23(28)30)14-21-24(31)29(25(33)34-21)16-18-7-5-4-6-8-18/h4-8,14H,3,9-13,16H2,1-2H3. The Bertz CT molecular complexity index is 1240. The molecule has 1 aromatic carbocycles. The Kier molecular flexibility index (Phi) is 7.51. The zero-order valence-corrected chi connectivity index (χ0v) is 20.9. The van der Waals surface area contributed by atoms with E-state index in [1.165, 1.54) is 11.8 Å². The average molecular weight is 495 g/mol. The molecule has 0 N–H and O–H groups in total. The second-order valence-electron chi connectivity index (χ2n) is 8.16. The van der Waals surface area contributed by atoms with E-state index in [1.807, 2.05) is 37.3 Å². The molecule has 34 heavy (non-hydrogen) atoms. The number of nitriles is 1. The Hall–Kier alpha value is -2.93. The summed E-state index contributed by atoms with van der Waals surface area (Å²) in [6.07, 6.45) is 2.54. The number of thiocarbonyl (C=S) groups is 1. The van der Waals surface area contributed by atoms with Gasteiger partial charge in [0.15, 0.2) is 0 Å². The number of thioether (sulfide) groups is 1. The van der Waals surface area contributed by atoms with Crippen LogP contribution in [0.1, 0.15) is 35.6 Å². The van der Waals surface area contributed by atoms with Crippen molar-refractivity contribution in [3.8, 4) is 6.07 Å². The summed E-state index contributed by atoms with van der Waals surface area (Å²) in [7, 11) is 0. The molecule has 7 nitrogen and oxygen atoms in total. The van der Waals surface area contributed by atoms with Gasteiger partial charge in [-0.25, -0.2) is 0 Å². The second-order valence-corrected chi connectivity index (χ2v) is 9.83. The van der Waals surface area contributed by atoms with E-state index in [9.17, 15) is 14.9 Å². The third-order valence-corrected chi connectivity index (χ3v) is 7.31. The lowest BCUT2D eigenvalue weighted by molar-refractivity contribution is -0.122. The fourth-order valence-electron chi connectivity index (χ4n) is 4.22. The molecule has 4 rings (SSSR count). The van der Waals surface area contributed by atoms with Gasteiger partial charge in [0, 0.05) is 25.2 Å². The lowest BCUT2D eigenvalue weighted by Crippen LogP contribution is -2.41. The minimum Gasteiger partial charge on any atom is -0.378 e. The van der Waals surface area contributed by atoms with Crippen LogP contribution >= 0.6 is 24.0 Å². The number of nitrogens with zero attached hydrogens (tertiary/aromatic N) is 4. The molecule has 2 aliphatic heterocycles. The smallest absolute Gasteiger partial charge is 0.270 e. The Morgan fingerprint density at radius 1 is 1.21 bits per heavy atom. The van der Waals surface area contributed by atoms with Crippen LogP contribution in [0.2, 0.25) is 0 Å². The van der Waals surface area contributed by atoms with Crippen molar-refractivity contribution in [2.75, 3.05) is 31.2 Å². The highest BCUT2D eigenvalue weighted by Gasteiger charge is 2.33. The first kappa shape index (κ1) is 24.2. The van der Waals surface area contributed by atoms with E-state index >= 15 is 0 Å². The molecule has 0 radical (unpaired) electrons. The first-order valence-electron chi connectivity index (χ1n) is 11.3. The summed E-state index contributed by atoms with van der Waals surface area (Å²) in [5.41, 5.74) is 2.10. The lowest BCUT2D eigenvalue weighted by Gasteiger charge is -2.33. The van der Waals surface area contributed by atoms with Crippen molar-refractivity contribution in [2.24, 2.45) is 0 Å². The van der Waals surface area contributed by atoms with E-state index in [-0.39, 0.29) is 17.0 Å². The summed E-state index contributed by atoms with van der Waals surface area (Å²) >= 11 is 6.78. The maximum Gasteiger partial charge on any atom is 0.270 e. The van der Waals surface area contributed by atoms with Crippen LogP contribution in [0.25, 0.3) is 6.08 Å². The second kappa shape index (κ2) is 10.6. The SMILES string of the molecule is CCCn1c(N2CCOCC2)c(C=C2SC(=S)N(Cc3ccccc3)C2=O)c(C)c(C#N)c1=O. The monoisotopic (exact) mass is 494 g/mol. The number of hydrogen-bond donors (Lipinski definition) is 0. The van der Waals surface area contributed by atoms with Crippen LogP contribution in [0.4, 0.5) is 5.82 Å². The number of carbonyl (C=O) groups excluding carboxylic acids is 1. The van der Waals surface area contributed by atoms with Gasteiger partial charge in [0.2, 0.25) is 0 Å². The molecular formula is C25H26N4O3S2. The minimum absolute atomic E-state index is 0.108. The third kappa shape index (κ3) is 4.67. The van der Waals surface area contributed by atoms with Crippen molar-refractivity contribution in [2.45, 2.75) is 33.4 Å². The quantitative estimate of drug-likeness (QED) is 0.448. The van der Waals surface area contributed by atoms with Crippen LogP contribution in [0.15, 0.2) is 40.0 Å². The van der Waals surface area contributed by atoms with Gasteiger partial charge < -0.3 is 9.64 Å². The largest absolute Gasteiger partial charge is 0.378 e. The maximum absolute atomic E-state index is 13.3. The zero-order chi connectivity index (χ0) is 24.2. The van der Waals surface area contributed by atoms with Crippen molar-refractivity contribution in [1.82, 2.24) is 9.47 Å². The molecule has 0 unspecified atom stereocenters. The van der Waals surface area contributed by atoms with Crippen LogP contribution in [0, 0.1) is 18.3 Å². The third-order valence-electron chi connectivity index (χ3n) is 5.94. The fraction of sp³-hybridized carbons (Fsp3) is 0.360. The number of benzene rings is 1. The number of aromatic nitrogens is 1. The Morgan fingerprint density at radius 2 is 1.91 bits per heavy atom. The van der Waals surface area contributed by atoms with Gasteiger partial charge in [0.1, 0.15) is 21.8 Å². The predicted molar refractivity (Wildman–Crippen MR) is 139 cm³/mol. The Morgan fingerprint density at radius 3 is 2.56 bits per heavy atom. The Labute approximate surface area is 208 Å². The van der Waals surface area contributed by atoms with Gasteiger partial charge in [-0.05, 0) is 30.5 Å². The highest BCUT2D eigenvalue weighted by molar-refractivity contribution is 8.26. The molecule has 2 aliphatic rings. The predicted octanol–water partition coefficient (Wildman–Crippen LogP) is 3.68. The number of carbonyl (C=O) groups is 1. The molecule has 2 aromatic rings. The van der Waals surface area contributed by atoms with Crippen LogP contribution in [0.5, 0.6) is 0 Å². The first-order chi connectivity index (χ1) is 16.5. The molecule has 9 heteroatoms. The molecule has 1 amide bonds. The highest BCUT2D eigenvalue weighted by Crippen LogP contribution is 2.36. The molecule has 0 aliphatic carbocycles. The highest BCUT2D eigenvalue weighted by atomic mass is 32.2. The van der Waals surface area contributed by atoms with Crippen molar-refractivity contribution >= 4 is 46.1 Å². The van der Waals surface area contributed by atoms with E-state index in [1.54, 1.807) is 22.5 Å². The van der Waals surface area contributed by atoms with Crippen molar-refractivity contribution in [3.63, 3.8) is 0 Å². The van der Waals surface area contributed by atoms with Gasteiger partial charge in [0.25, 0.3) is 11.5 Å². The molecule has 0 spiro atoms. The van der Waals surface area contributed by atoms with Crippen molar-refractivity contribution < 1.29 is 9.53 Å². The minimum atomic E-state index is -0.294. The van der Waals surface area contributed by atoms with Gasteiger partial charge in [-0.15, -0.1) is 0 Å². The number of rotatable bonds is 6. The van der Waals surface area contributed by atoms with Gasteiger partial charge in [-0.3, -0.25) is 19.1 Å². The number of hydrogen-bond acceptors (Lipinski definition) is 7. The van der Waals surface area contributed by atoms with Gasteiger partial charge >= 0.3 is 0 Å². The van der Waals surface area contributed by atoms with Gasteiger partial charge in [-0.1, -0.05) is 61.2 Å². The summed E-state index contributed by atoms with van der Waals surface area (Å²) < 4.78 is 7.69. The van der Waals surface area contributed by atoms with Gasteiger partial charge in [-0.2, -0.15) is 5.26 Å². The summed E-state index contributed by atoms with van der Waals surface area (Å²) in [6, 6.07) is 11.8. The van der Waals surface area contributed by atoms with Crippen LogP contribution in [-0.2, 0) is 22.6 Å². The molecular weight excluding hydrogens is 468 g/mol. The molecule has 176 valence electrons. The lowest BCUT2D eigenvalue weighted by atomic mass is 10.0. The summed E-state index contributed by atoms with van der Waals surface area (Å²) in [4.78, 5) is 30.7. The van der Waals surface area contributed by atoms with Crippen molar-refractivity contribution in [3.05, 3.63) is 67.8 Å². The van der Waals surface area contributed by atoms with E-state index in [2.05, 4.69) is 11.0 Å². The molecule has 0 atom stereocenters. The number of amides is 1.